The van der Waals surface area contributed by atoms with Gasteiger partial charge in [0.2, 0.25) is 5.91 Å². The Hall–Kier alpha value is -3.59. The predicted octanol–water partition coefficient (Wildman–Crippen LogP) is 3.00. The highest BCUT2D eigenvalue weighted by Gasteiger charge is 2.40. The first-order valence-corrected chi connectivity index (χ1v) is 10.3. The molecule has 6 heteroatoms. The number of guanidine groups is 1. The molecule has 0 bridgehead atoms. The Balaban J connectivity index is 1.65. The Morgan fingerprint density at radius 3 is 2.55 bits per heavy atom. The molecular weight excluding hydrogens is 388 g/mol. The summed E-state index contributed by atoms with van der Waals surface area (Å²) in [5.41, 5.74) is 8.79. The van der Waals surface area contributed by atoms with E-state index in [1.54, 1.807) is 12.1 Å². The summed E-state index contributed by atoms with van der Waals surface area (Å²) in [6.45, 7) is 6.62. The normalized spacial score (nSPS) is 18.5. The molecule has 0 radical (unpaired) electrons. The van der Waals surface area contributed by atoms with Gasteiger partial charge in [-0.25, -0.2) is 4.99 Å². The maximum Gasteiger partial charge on any atom is 0.251 e. The number of hydrogen-bond donors (Lipinski definition) is 2. The van der Waals surface area contributed by atoms with Crippen LogP contribution in [-0.2, 0) is 17.9 Å². The molecule has 3 rings (SSSR count). The molecule has 160 valence electrons. The molecule has 1 heterocycles. The van der Waals surface area contributed by atoms with Crippen LogP contribution in [0.15, 0.2) is 53.5 Å². The summed E-state index contributed by atoms with van der Waals surface area (Å²) in [6.07, 6.45) is 5.78. The number of amides is 2. The quantitative estimate of drug-likeness (QED) is 0.710. The van der Waals surface area contributed by atoms with E-state index in [2.05, 4.69) is 16.2 Å². The van der Waals surface area contributed by atoms with Gasteiger partial charge in [-0.05, 0) is 36.1 Å². The Morgan fingerprint density at radius 2 is 1.97 bits per heavy atom. The number of hydrogen-bond acceptors (Lipinski definition) is 4. The molecule has 1 aliphatic rings. The molecule has 0 saturated heterocycles. The lowest BCUT2D eigenvalue weighted by atomic mass is 9.83. The van der Waals surface area contributed by atoms with E-state index in [4.69, 9.17) is 12.2 Å². The van der Waals surface area contributed by atoms with Gasteiger partial charge in [-0.1, -0.05) is 61.7 Å². The molecule has 31 heavy (non-hydrogen) atoms. The fraction of sp³-hybridized carbons (Fsp3) is 0.320. The summed E-state index contributed by atoms with van der Waals surface area (Å²) < 4.78 is 0. The van der Waals surface area contributed by atoms with Gasteiger partial charge in [-0.2, -0.15) is 0 Å². The number of nitrogens with one attached hydrogen (secondary N) is 1. The van der Waals surface area contributed by atoms with E-state index in [1.165, 1.54) is 4.90 Å². The van der Waals surface area contributed by atoms with E-state index in [9.17, 15) is 9.59 Å². The number of benzene rings is 2. The zero-order chi connectivity index (χ0) is 22.6. The number of rotatable bonds is 6. The topological polar surface area (TPSA) is 87.8 Å². The molecule has 1 atom stereocenters. The minimum absolute atomic E-state index is 0.000234. The van der Waals surface area contributed by atoms with Crippen molar-refractivity contribution in [3.05, 3.63) is 70.8 Å². The summed E-state index contributed by atoms with van der Waals surface area (Å²) in [4.78, 5) is 31.1. The van der Waals surface area contributed by atoms with E-state index in [0.29, 0.717) is 12.1 Å². The van der Waals surface area contributed by atoms with Crippen molar-refractivity contribution in [3.63, 3.8) is 0 Å². The smallest absolute Gasteiger partial charge is 0.251 e. The van der Waals surface area contributed by atoms with Gasteiger partial charge in [0.15, 0.2) is 5.96 Å². The minimum Gasteiger partial charge on any atom is -0.369 e. The van der Waals surface area contributed by atoms with E-state index >= 15 is 0 Å². The predicted molar refractivity (Wildman–Crippen MR) is 122 cm³/mol. The molecule has 2 aromatic carbocycles. The number of aryl methyl sites for hydroxylation is 1. The second-order valence-electron chi connectivity index (χ2n) is 8.22. The van der Waals surface area contributed by atoms with Gasteiger partial charge in [-0.3, -0.25) is 14.5 Å². The van der Waals surface area contributed by atoms with Crippen LogP contribution >= 0.6 is 0 Å². The lowest BCUT2D eigenvalue weighted by molar-refractivity contribution is -0.129. The zero-order valence-electron chi connectivity index (χ0n) is 18.2. The van der Waals surface area contributed by atoms with Crippen LogP contribution in [0, 0.1) is 25.2 Å². The molecule has 0 aromatic heterocycles. The average molecular weight is 417 g/mol. The molecule has 2 amide bonds. The summed E-state index contributed by atoms with van der Waals surface area (Å²) in [6, 6.07) is 15.1. The highest BCUT2D eigenvalue weighted by molar-refractivity contribution is 5.99. The van der Waals surface area contributed by atoms with Crippen LogP contribution in [0.2, 0.25) is 0 Å². The third-order valence-corrected chi connectivity index (χ3v) is 5.61. The molecule has 0 unspecified atom stereocenters. The number of carbonyl (C=O) groups is 2. The van der Waals surface area contributed by atoms with Crippen molar-refractivity contribution in [1.29, 1.82) is 0 Å². The summed E-state index contributed by atoms with van der Waals surface area (Å²) >= 11 is 0. The minimum atomic E-state index is -0.892. The first-order valence-electron chi connectivity index (χ1n) is 10.3. The van der Waals surface area contributed by atoms with Crippen molar-refractivity contribution in [1.82, 2.24) is 10.2 Å². The third kappa shape index (κ3) is 4.95. The second kappa shape index (κ2) is 9.05. The van der Waals surface area contributed by atoms with Crippen molar-refractivity contribution >= 4 is 17.8 Å². The van der Waals surface area contributed by atoms with Crippen LogP contribution in [0.4, 0.5) is 0 Å². The average Bonchev–Trinajstić information content (AvgIpc) is 2.74. The highest BCUT2D eigenvalue weighted by Crippen LogP contribution is 2.30. The third-order valence-electron chi connectivity index (χ3n) is 5.61. The van der Waals surface area contributed by atoms with Crippen LogP contribution in [0.25, 0.3) is 0 Å². The number of nitrogens with two attached hydrogens (primary N) is 1. The number of terminal acetylenes is 1. The maximum absolute atomic E-state index is 12.7. The van der Waals surface area contributed by atoms with Crippen LogP contribution in [0.1, 0.15) is 47.3 Å². The van der Waals surface area contributed by atoms with E-state index < -0.39 is 5.54 Å². The largest absolute Gasteiger partial charge is 0.369 e. The van der Waals surface area contributed by atoms with Crippen molar-refractivity contribution in [2.75, 3.05) is 0 Å². The Kier molecular flexibility index (Phi) is 6.45. The molecule has 0 spiro atoms. The lowest BCUT2D eigenvalue weighted by Gasteiger charge is -2.36. The van der Waals surface area contributed by atoms with E-state index in [-0.39, 0.29) is 36.7 Å². The zero-order valence-corrected chi connectivity index (χ0v) is 18.2. The summed E-state index contributed by atoms with van der Waals surface area (Å²) in [5, 5.41) is 2.92. The van der Waals surface area contributed by atoms with Gasteiger partial charge in [0.1, 0.15) is 5.54 Å². The molecule has 6 nitrogen and oxygen atoms in total. The SMILES string of the molecule is C#C[C@@]1(C(C)C)CC(=O)N(Cc2ccc(C(=O)NCc3cccc(C)c3)cc2)C(N)=N1. The van der Waals surface area contributed by atoms with Crippen molar-refractivity contribution in [2.45, 2.75) is 45.8 Å². The molecule has 1 aliphatic heterocycles. The number of nitrogens with zero attached hydrogens (tertiary/aromatic N) is 2. The Labute approximate surface area is 183 Å². The van der Waals surface area contributed by atoms with Gasteiger partial charge in [0.25, 0.3) is 5.91 Å². The Morgan fingerprint density at radius 1 is 1.26 bits per heavy atom. The van der Waals surface area contributed by atoms with E-state index in [1.807, 2.05) is 57.2 Å². The van der Waals surface area contributed by atoms with Gasteiger partial charge in [-0.15, -0.1) is 6.42 Å². The Bertz CT molecular complexity index is 1050. The standard InChI is InChI=1S/C25H28N4O2/c1-5-25(17(2)3)14-22(30)29(24(26)28-25)16-19-9-11-21(12-10-19)23(31)27-15-20-8-6-7-18(4)13-20/h1,6-13,17H,14-16H2,2-4H3,(H2,26,28)(H,27,31)/t25-/m0/s1. The fourth-order valence-electron chi connectivity index (χ4n) is 3.56. The fourth-order valence-corrected chi connectivity index (χ4v) is 3.56. The van der Waals surface area contributed by atoms with Gasteiger partial charge in [0, 0.05) is 12.1 Å². The first-order chi connectivity index (χ1) is 14.7. The second-order valence-corrected chi connectivity index (χ2v) is 8.22. The van der Waals surface area contributed by atoms with Crippen LogP contribution in [0.3, 0.4) is 0 Å². The maximum atomic E-state index is 12.7. The van der Waals surface area contributed by atoms with Gasteiger partial charge >= 0.3 is 0 Å². The van der Waals surface area contributed by atoms with Gasteiger partial charge < -0.3 is 11.1 Å². The monoisotopic (exact) mass is 416 g/mol. The van der Waals surface area contributed by atoms with Crippen molar-refractivity contribution in [2.24, 2.45) is 16.6 Å². The number of aliphatic imine (C=N–C) groups is 1. The molecular formula is C25H28N4O2. The summed E-state index contributed by atoms with van der Waals surface area (Å²) in [7, 11) is 0. The van der Waals surface area contributed by atoms with Crippen molar-refractivity contribution in [3.8, 4) is 12.3 Å². The van der Waals surface area contributed by atoms with Gasteiger partial charge in [0.05, 0.1) is 13.0 Å². The molecule has 0 aliphatic carbocycles. The molecule has 3 N–H and O–H groups in total. The molecule has 2 aromatic rings. The molecule has 0 saturated carbocycles. The summed E-state index contributed by atoms with van der Waals surface area (Å²) in [5.74, 6) is 2.47. The van der Waals surface area contributed by atoms with E-state index in [0.717, 1.165) is 16.7 Å². The first kappa shape index (κ1) is 22.1. The van der Waals surface area contributed by atoms with Crippen LogP contribution in [0.5, 0.6) is 0 Å². The van der Waals surface area contributed by atoms with Crippen LogP contribution in [-0.4, -0.2) is 28.2 Å². The highest BCUT2D eigenvalue weighted by atomic mass is 16.2. The lowest BCUT2D eigenvalue weighted by Crippen LogP contribution is -2.52. The van der Waals surface area contributed by atoms with Crippen molar-refractivity contribution < 1.29 is 9.59 Å². The number of carbonyl (C=O) groups excluding carboxylic acids is 2. The molecule has 0 fully saturated rings. The van der Waals surface area contributed by atoms with Crippen LogP contribution < -0.4 is 11.1 Å².